The van der Waals surface area contributed by atoms with E-state index < -0.39 is 6.10 Å². The fourth-order valence-electron chi connectivity index (χ4n) is 1.65. The molecule has 0 heterocycles. The Balaban J connectivity index is 2.02. The van der Waals surface area contributed by atoms with Crippen molar-refractivity contribution in [2.24, 2.45) is 0 Å². The third kappa shape index (κ3) is 3.32. The van der Waals surface area contributed by atoms with Crippen molar-refractivity contribution in [2.45, 2.75) is 6.10 Å². The Morgan fingerprint density at radius 3 is 2.17 bits per heavy atom. The molecule has 3 heteroatoms. The fourth-order valence-corrected chi connectivity index (χ4v) is 1.65. The zero-order valence-electron chi connectivity index (χ0n) is 10.3. The van der Waals surface area contributed by atoms with Gasteiger partial charge in [0, 0.05) is 0 Å². The molecule has 2 rings (SSSR count). The van der Waals surface area contributed by atoms with E-state index in [2.05, 4.69) is 17.9 Å². The summed E-state index contributed by atoms with van der Waals surface area (Å²) >= 11 is 0. The van der Waals surface area contributed by atoms with Crippen LogP contribution in [0.5, 0.6) is 5.75 Å². The van der Waals surface area contributed by atoms with Crippen LogP contribution in [0.2, 0.25) is 0 Å². The molecular formula is C15H18NO2+. The van der Waals surface area contributed by atoms with Gasteiger partial charge in [-0.05, 0) is 23.3 Å². The highest BCUT2D eigenvalue weighted by Gasteiger charge is 2.04. The van der Waals surface area contributed by atoms with Crippen molar-refractivity contribution in [3.63, 3.8) is 0 Å². The lowest BCUT2D eigenvalue weighted by Crippen LogP contribution is -2.56. The van der Waals surface area contributed by atoms with E-state index in [0.717, 1.165) is 11.3 Å². The molecule has 0 aliphatic carbocycles. The molecule has 1 atom stereocenters. The average molecular weight is 244 g/mol. The summed E-state index contributed by atoms with van der Waals surface area (Å²) in [6, 6.07) is 18.0. The summed E-state index contributed by atoms with van der Waals surface area (Å²) in [5, 5.41) is 9.36. The molecule has 0 spiro atoms. The zero-order valence-corrected chi connectivity index (χ0v) is 10.3. The van der Waals surface area contributed by atoms with Gasteiger partial charge in [-0.2, -0.15) is 0 Å². The van der Waals surface area contributed by atoms with E-state index in [-0.39, 0.29) is 6.61 Å². The third-order valence-electron chi connectivity index (χ3n) is 2.74. The highest BCUT2D eigenvalue weighted by molar-refractivity contribution is 5.63. The summed E-state index contributed by atoms with van der Waals surface area (Å²) in [6.07, 6.45) is -0.501. The number of aliphatic hydroxyl groups is 1. The molecule has 0 saturated heterocycles. The summed E-state index contributed by atoms with van der Waals surface area (Å²) in [5.74, 6) is 0.766. The number of aliphatic hydroxyl groups excluding tert-OH is 1. The molecule has 94 valence electrons. The van der Waals surface area contributed by atoms with E-state index in [4.69, 9.17) is 4.74 Å². The Morgan fingerprint density at radius 1 is 0.944 bits per heavy atom. The maximum atomic E-state index is 9.36. The van der Waals surface area contributed by atoms with Crippen molar-refractivity contribution in [2.75, 3.05) is 13.2 Å². The van der Waals surface area contributed by atoms with Crippen LogP contribution in [-0.2, 0) is 0 Å². The number of quaternary nitrogens is 1. The predicted octanol–water partition coefficient (Wildman–Crippen LogP) is 1.34. The molecule has 0 fully saturated rings. The first-order chi connectivity index (χ1) is 8.79. The van der Waals surface area contributed by atoms with Crippen LogP contribution >= 0.6 is 0 Å². The van der Waals surface area contributed by atoms with Gasteiger partial charge in [0.2, 0.25) is 0 Å². The Morgan fingerprint density at radius 2 is 1.56 bits per heavy atom. The molecule has 2 aromatic carbocycles. The molecular weight excluding hydrogens is 226 g/mol. The van der Waals surface area contributed by atoms with Gasteiger partial charge in [0.25, 0.3) is 0 Å². The van der Waals surface area contributed by atoms with Gasteiger partial charge in [0.1, 0.15) is 25.0 Å². The molecule has 0 saturated carbocycles. The molecule has 0 radical (unpaired) electrons. The number of benzene rings is 2. The summed E-state index contributed by atoms with van der Waals surface area (Å²) in [6.45, 7) is 0.746. The third-order valence-corrected chi connectivity index (χ3v) is 2.74. The Hall–Kier alpha value is -1.84. The van der Waals surface area contributed by atoms with Crippen LogP contribution in [0.1, 0.15) is 0 Å². The Labute approximate surface area is 107 Å². The van der Waals surface area contributed by atoms with Gasteiger partial charge in [0.05, 0.1) is 0 Å². The first-order valence-corrected chi connectivity index (χ1v) is 6.05. The second kappa shape index (κ2) is 6.19. The first kappa shape index (κ1) is 12.6. The second-order valence-electron chi connectivity index (χ2n) is 4.14. The van der Waals surface area contributed by atoms with Gasteiger partial charge in [-0.15, -0.1) is 0 Å². The largest absolute Gasteiger partial charge is 0.491 e. The van der Waals surface area contributed by atoms with Crippen LogP contribution in [0.15, 0.2) is 54.6 Å². The minimum atomic E-state index is -0.501. The molecule has 0 unspecified atom stereocenters. The molecule has 0 aliphatic heterocycles. The van der Waals surface area contributed by atoms with Crippen LogP contribution in [0.4, 0.5) is 0 Å². The van der Waals surface area contributed by atoms with Crippen molar-refractivity contribution in [1.29, 1.82) is 0 Å². The van der Waals surface area contributed by atoms with E-state index in [1.165, 1.54) is 5.56 Å². The predicted molar refractivity (Wildman–Crippen MR) is 71.1 cm³/mol. The van der Waals surface area contributed by atoms with E-state index in [1.807, 2.05) is 42.5 Å². The lowest BCUT2D eigenvalue weighted by atomic mass is 10.1. The number of hydrogen-bond acceptors (Lipinski definition) is 2. The lowest BCUT2D eigenvalue weighted by Gasteiger charge is -2.09. The van der Waals surface area contributed by atoms with E-state index in [1.54, 1.807) is 0 Å². The molecule has 3 nitrogen and oxygen atoms in total. The molecule has 2 aromatic rings. The van der Waals surface area contributed by atoms with Crippen LogP contribution in [0, 0.1) is 0 Å². The van der Waals surface area contributed by atoms with E-state index >= 15 is 0 Å². The molecule has 4 N–H and O–H groups in total. The molecule has 0 aromatic heterocycles. The first-order valence-electron chi connectivity index (χ1n) is 6.05. The van der Waals surface area contributed by atoms with Gasteiger partial charge in [-0.3, -0.25) is 0 Å². The normalized spacial score (nSPS) is 12.1. The summed E-state index contributed by atoms with van der Waals surface area (Å²) in [4.78, 5) is 0. The number of hydrogen-bond donors (Lipinski definition) is 2. The lowest BCUT2D eigenvalue weighted by molar-refractivity contribution is -0.384. The maximum Gasteiger partial charge on any atom is 0.136 e. The smallest absolute Gasteiger partial charge is 0.136 e. The molecule has 18 heavy (non-hydrogen) atoms. The highest BCUT2D eigenvalue weighted by Crippen LogP contribution is 2.21. The maximum absolute atomic E-state index is 9.36. The minimum absolute atomic E-state index is 0.286. The monoisotopic (exact) mass is 244 g/mol. The van der Waals surface area contributed by atoms with Gasteiger partial charge < -0.3 is 15.6 Å². The van der Waals surface area contributed by atoms with Crippen LogP contribution in [0.3, 0.4) is 0 Å². The van der Waals surface area contributed by atoms with Gasteiger partial charge in [-0.1, -0.05) is 42.5 Å². The van der Waals surface area contributed by atoms with Crippen LogP contribution in [0.25, 0.3) is 11.1 Å². The average Bonchev–Trinajstić information content (AvgIpc) is 2.46. The molecule has 0 amide bonds. The Kier molecular flexibility index (Phi) is 4.34. The van der Waals surface area contributed by atoms with E-state index in [0.29, 0.717) is 6.54 Å². The van der Waals surface area contributed by atoms with Crippen molar-refractivity contribution < 1.29 is 15.6 Å². The van der Waals surface area contributed by atoms with Gasteiger partial charge in [0.15, 0.2) is 0 Å². The minimum Gasteiger partial charge on any atom is -0.491 e. The number of ether oxygens (including phenoxy) is 1. The quantitative estimate of drug-likeness (QED) is 0.833. The van der Waals surface area contributed by atoms with Crippen LogP contribution < -0.4 is 10.5 Å². The summed E-state index contributed by atoms with van der Waals surface area (Å²) < 4.78 is 5.46. The number of rotatable bonds is 5. The highest BCUT2D eigenvalue weighted by atomic mass is 16.5. The van der Waals surface area contributed by atoms with Crippen molar-refractivity contribution in [3.8, 4) is 16.9 Å². The summed E-state index contributed by atoms with van der Waals surface area (Å²) in [7, 11) is 0. The fraction of sp³-hybridized carbons (Fsp3) is 0.200. The van der Waals surface area contributed by atoms with Crippen LogP contribution in [-0.4, -0.2) is 24.4 Å². The van der Waals surface area contributed by atoms with Gasteiger partial charge >= 0.3 is 0 Å². The molecule has 0 bridgehead atoms. The van der Waals surface area contributed by atoms with Crippen molar-refractivity contribution >= 4 is 0 Å². The topological polar surface area (TPSA) is 57.1 Å². The standard InChI is InChI=1S/C15H17NO2/c16-10-14(17)11-18-15-8-6-13(7-9-15)12-4-2-1-3-5-12/h1-9,14,17H,10-11,16H2/p+1/t14-/m0/s1. The SMILES string of the molecule is [NH3+]C[C@H](O)COc1ccc(-c2ccccc2)cc1. The zero-order chi connectivity index (χ0) is 12.8. The van der Waals surface area contributed by atoms with Crippen molar-refractivity contribution in [3.05, 3.63) is 54.6 Å². The van der Waals surface area contributed by atoms with E-state index in [9.17, 15) is 5.11 Å². The second-order valence-corrected chi connectivity index (χ2v) is 4.14. The van der Waals surface area contributed by atoms with Gasteiger partial charge in [-0.25, -0.2) is 0 Å². The Bertz CT molecular complexity index is 468. The summed E-state index contributed by atoms with van der Waals surface area (Å²) in [5.41, 5.74) is 5.96. The van der Waals surface area contributed by atoms with Crippen molar-refractivity contribution in [1.82, 2.24) is 0 Å². The molecule has 0 aliphatic rings.